The van der Waals surface area contributed by atoms with Crippen molar-refractivity contribution in [2.24, 2.45) is 7.05 Å². The van der Waals surface area contributed by atoms with Crippen LogP contribution >= 0.6 is 0 Å². The second-order valence-corrected chi connectivity index (χ2v) is 7.89. The summed E-state index contributed by atoms with van der Waals surface area (Å²) in [6, 6.07) is 10.5. The molecule has 0 spiro atoms. The van der Waals surface area contributed by atoms with E-state index in [4.69, 9.17) is 0 Å². The highest BCUT2D eigenvalue weighted by Crippen LogP contribution is 2.31. The number of hydrogen-bond donors (Lipinski definition) is 2. The summed E-state index contributed by atoms with van der Waals surface area (Å²) >= 11 is 0. The maximum Gasteiger partial charge on any atom is 0.138 e. The van der Waals surface area contributed by atoms with Gasteiger partial charge >= 0.3 is 0 Å². The lowest BCUT2D eigenvalue weighted by molar-refractivity contribution is 0.631. The fourth-order valence-corrected chi connectivity index (χ4v) is 4.05. The quantitative estimate of drug-likeness (QED) is 0.444. The van der Waals surface area contributed by atoms with Gasteiger partial charge in [-0.3, -0.25) is 5.10 Å². The number of hydrogen-bond acceptors (Lipinski definition) is 3. The van der Waals surface area contributed by atoms with Gasteiger partial charge in [-0.25, -0.2) is 14.4 Å². The Morgan fingerprint density at radius 2 is 1.97 bits per heavy atom. The molecule has 33 heavy (non-hydrogen) atoms. The average Bonchev–Trinajstić information content (AvgIpc) is 3.51. The van der Waals surface area contributed by atoms with Crippen LogP contribution in [0.1, 0.15) is 18.4 Å². The van der Waals surface area contributed by atoms with E-state index >= 15 is 0 Å². The first-order valence-electron chi connectivity index (χ1n) is 10.6. The molecule has 0 radical (unpaired) electrons. The Morgan fingerprint density at radius 3 is 2.70 bits per heavy atom. The van der Waals surface area contributed by atoms with Crippen molar-refractivity contribution in [3.8, 4) is 22.5 Å². The molecule has 4 heterocycles. The van der Waals surface area contributed by atoms with Crippen LogP contribution in [-0.4, -0.2) is 29.7 Å². The topological polar surface area (TPSA) is 75.2 Å². The van der Waals surface area contributed by atoms with Crippen LogP contribution in [0.4, 0.5) is 4.39 Å². The van der Waals surface area contributed by atoms with Crippen LogP contribution in [-0.2, 0) is 7.05 Å². The molecule has 0 unspecified atom stereocenters. The molecule has 7 heteroatoms. The van der Waals surface area contributed by atoms with E-state index in [1.54, 1.807) is 18.3 Å². The summed E-state index contributed by atoms with van der Waals surface area (Å²) < 4.78 is 16.5. The highest BCUT2D eigenvalue weighted by atomic mass is 19.1. The van der Waals surface area contributed by atoms with Crippen molar-refractivity contribution in [2.75, 3.05) is 0 Å². The molecule has 0 aliphatic heterocycles. The van der Waals surface area contributed by atoms with Crippen LogP contribution in [0, 0.1) is 12.7 Å². The van der Waals surface area contributed by atoms with Crippen LogP contribution in [0.3, 0.4) is 0 Å². The number of aromatic amines is 2. The Kier molecular flexibility index (Phi) is 5.01. The van der Waals surface area contributed by atoms with Crippen LogP contribution in [0.5, 0.6) is 0 Å². The van der Waals surface area contributed by atoms with Crippen molar-refractivity contribution in [2.45, 2.75) is 13.8 Å². The van der Waals surface area contributed by atoms with Gasteiger partial charge in [0.2, 0.25) is 0 Å². The fraction of sp³-hybridized carbons (Fsp3) is 0.115. The number of allylic oxidation sites excluding steroid dienone is 1. The molecule has 5 rings (SSSR count). The Balaban J connectivity index is 1.69. The van der Waals surface area contributed by atoms with Crippen LogP contribution in [0.2, 0.25) is 0 Å². The molecular formula is C26H23FN6. The van der Waals surface area contributed by atoms with E-state index in [1.165, 1.54) is 6.07 Å². The zero-order valence-electron chi connectivity index (χ0n) is 18.6. The third-order valence-corrected chi connectivity index (χ3v) is 5.94. The molecule has 6 nitrogen and oxygen atoms in total. The Hall–Kier alpha value is -4.26. The summed E-state index contributed by atoms with van der Waals surface area (Å²) in [7, 11) is 1.97. The van der Waals surface area contributed by atoms with E-state index in [2.05, 4.69) is 31.7 Å². The monoisotopic (exact) mass is 438 g/mol. The maximum absolute atomic E-state index is 14.5. The minimum absolute atomic E-state index is 0.271. The zero-order valence-corrected chi connectivity index (χ0v) is 18.6. The third-order valence-electron chi connectivity index (χ3n) is 5.94. The molecule has 0 atom stereocenters. The van der Waals surface area contributed by atoms with Crippen molar-refractivity contribution in [3.05, 3.63) is 83.3 Å². The van der Waals surface area contributed by atoms with Crippen LogP contribution in [0.15, 0.2) is 55.4 Å². The smallest absolute Gasteiger partial charge is 0.138 e. The number of fused-ring (bicyclic) bond motifs is 1. The summed E-state index contributed by atoms with van der Waals surface area (Å²) in [5.74, 6) is 0.642. The molecule has 0 amide bonds. The number of halogens is 1. The number of nitrogens with zero attached hydrogens (tertiary/aromatic N) is 4. The van der Waals surface area contributed by atoms with Gasteiger partial charge in [0, 0.05) is 29.4 Å². The van der Waals surface area contributed by atoms with Gasteiger partial charge in [0.15, 0.2) is 0 Å². The van der Waals surface area contributed by atoms with Gasteiger partial charge < -0.3 is 9.55 Å². The van der Waals surface area contributed by atoms with Gasteiger partial charge in [-0.15, -0.1) is 0 Å². The number of aromatic nitrogens is 6. The molecule has 2 N–H and O–H groups in total. The number of nitrogens with one attached hydrogen (secondary N) is 2. The van der Waals surface area contributed by atoms with E-state index in [-0.39, 0.29) is 5.82 Å². The van der Waals surface area contributed by atoms with Crippen molar-refractivity contribution in [3.63, 3.8) is 0 Å². The fourth-order valence-electron chi connectivity index (χ4n) is 4.05. The highest BCUT2D eigenvalue weighted by Gasteiger charge is 2.15. The number of H-pyrrole nitrogens is 2. The van der Waals surface area contributed by atoms with Gasteiger partial charge in [-0.2, -0.15) is 5.10 Å². The average molecular weight is 439 g/mol. The normalized spacial score (nSPS) is 12.7. The first-order valence-corrected chi connectivity index (χ1v) is 10.6. The minimum atomic E-state index is -0.271. The lowest BCUT2D eigenvalue weighted by atomic mass is 10.0. The zero-order chi connectivity index (χ0) is 23.1. The summed E-state index contributed by atoms with van der Waals surface area (Å²) in [6.45, 7) is 8.16. The van der Waals surface area contributed by atoms with Gasteiger partial charge in [-0.05, 0) is 49.3 Å². The molecule has 0 saturated heterocycles. The lowest BCUT2D eigenvalue weighted by Crippen LogP contribution is -2.23. The molecule has 1 aromatic carbocycles. The summed E-state index contributed by atoms with van der Waals surface area (Å²) in [5.41, 5.74) is 5.26. The predicted octanol–water partition coefficient (Wildman–Crippen LogP) is 4.10. The van der Waals surface area contributed by atoms with E-state index in [1.807, 2.05) is 62.0 Å². The molecule has 0 saturated carbocycles. The molecule has 4 aromatic heterocycles. The molecule has 0 aliphatic rings. The number of benzene rings is 1. The largest absolute Gasteiger partial charge is 0.338 e. The standard InChI is InChI=1S/C26H23FN6/c1-5-22-20(12-15(2)24-14-29-16(3)33(24)4)25(32-31-22)23-13-19-17(10-11-28-26(19)30-23)18-8-6-7-9-21(18)27/h5-14,31H,2H2,1,3-4H3,(H,28,30)/b20-12+,22-5+. The Bertz CT molecular complexity index is 1630. The van der Waals surface area contributed by atoms with Crippen molar-refractivity contribution in [1.82, 2.24) is 29.7 Å². The maximum atomic E-state index is 14.5. The van der Waals surface area contributed by atoms with E-state index in [9.17, 15) is 4.39 Å². The first kappa shape index (κ1) is 20.6. The summed E-state index contributed by atoms with van der Waals surface area (Å²) in [5, 5.41) is 10.3. The van der Waals surface area contributed by atoms with Gasteiger partial charge in [0.1, 0.15) is 23.0 Å². The second-order valence-electron chi connectivity index (χ2n) is 7.89. The van der Waals surface area contributed by atoms with Gasteiger partial charge in [-0.1, -0.05) is 30.9 Å². The third kappa shape index (κ3) is 3.47. The first-order chi connectivity index (χ1) is 16.0. The second kappa shape index (κ2) is 8.02. The molecule has 0 aliphatic carbocycles. The minimum Gasteiger partial charge on any atom is -0.338 e. The van der Waals surface area contributed by atoms with E-state index < -0.39 is 0 Å². The number of pyridine rings is 1. The van der Waals surface area contributed by atoms with Crippen molar-refractivity contribution >= 4 is 28.8 Å². The Morgan fingerprint density at radius 1 is 1.15 bits per heavy atom. The van der Waals surface area contributed by atoms with E-state index in [0.29, 0.717) is 11.2 Å². The predicted molar refractivity (Wildman–Crippen MR) is 130 cm³/mol. The van der Waals surface area contributed by atoms with Crippen LogP contribution in [0.25, 0.3) is 51.3 Å². The Labute approximate surface area is 189 Å². The molecule has 0 fully saturated rings. The number of aryl methyl sites for hydroxylation is 1. The summed E-state index contributed by atoms with van der Waals surface area (Å²) in [4.78, 5) is 12.2. The van der Waals surface area contributed by atoms with Crippen molar-refractivity contribution < 1.29 is 4.39 Å². The van der Waals surface area contributed by atoms with Crippen LogP contribution < -0.4 is 10.6 Å². The van der Waals surface area contributed by atoms with Gasteiger partial charge in [0.05, 0.1) is 22.9 Å². The molecule has 0 bridgehead atoms. The summed E-state index contributed by atoms with van der Waals surface area (Å²) in [6.07, 6.45) is 7.47. The SMILES string of the molecule is C=C(/C=c1/c(-c2cc3c(-c4ccccc4F)ccnc3[nH]2)n[nH]/c1=C/C)c1cnc(C)n1C. The molecule has 164 valence electrons. The highest BCUT2D eigenvalue weighted by molar-refractivity contribution is 5.96. The molecule has 5 aromatic rings. The number of imidazole rings is 1. The van der Waals surface area contributed by atoms with Gasteiger partial charge in [0.25, 0.3) is 0 Å². The lowest BCUT2D eigenvalue weighted by Gasteiger charge is -2.04. The molecular weight excluding hydrogens is 415 g/mol. The number of rotatable bonds is 4. The van der Waals surface area contributed by atoms with E-state index in [0.717, 1.165) is 50.0 Å². The van der Waals surface area contributed by atoms with Crippen molar-refractivity contribution in [1.29, 1.82) is 0 Å².